The molecule has 0 amide bonds. The van der Waals surface area contributed by atoms with Gasteiger partial charge in [-0.3, -0.25) is 4.72 Å². The highest BCUT2D eigenvalue weighted by Crippen LogP contribution is 2.22. The lowest BCUT2D eigenvalue weighted by Crippen LogP contribution is -2.13. The Kier molecular flexibility index (Phi) is 4.72. The highest BCUT2D eigenvalue weighted by molar-refractivity contribution is 7.92. The largest absolute Gasteiger partial charge is 0.353 e. The summed E-state index contributed by atoms with van der Waals surface area (Å²) >= 11 is 0. The molecule has 0 aliphatic heterocycles. The van der Waals surface area contributed by atoms with Gasteiger partial charge in [0.05, 0.1) is 10.6 Å². The second-order valence-corrected chi connectivity index (χ2v) is 7.29. The number of halogens is 1. The molecule has 2 N–H and O–H groups in total. The van der Waals surface area contributed by atoms with Gasteiger partial charge in [0, 0.05) is 11.4 Å². The Morgan fingerprint density at radius 3 is 2.20 bits per heavy atom. The number of aryl methyl sites for hydroxylation is 1. The highest BCUT2D eigenvalue weighted by atomic mass is 32.2. The second-order valence-electron chi connectivity index (χ2n) is 5.60. The molecule has 0 aliphatic carbocycles. The molecule has 0 radical (unpaired) electrons. The third-order valence-corrected chi connectivity index (χ3v) is 4.97. The summed E-state index contributed by atoms with van der Waals surface area (Å²) in [5, 5.41) is 2.95. The number of hydrogen-bond acceptors (Lipinski definition) is 3. The van der Waals surface area contributed by atoms with Crippen molar-refractivity contribution < 1.29 is 12.8 Å². The maximum absolute atomic E-state index is 13.6. The van der Waals surface area contributed by atoms with Gasteiger partial charge in [-0.2, -0.15) is 0 Å². The van der Waals surface area contributed by atoms with Crippen molar-refractivity contribution >= 4 is 27.1 Å². The molecular formula is C19H17FN2O2S. The molecule has 3 rings (SSSR count). The molecule has 3 aromatic carbocycles. The van der Waals surface area contributed by atoms with Gasteiger partial charge in [0.1, 0.15) is 5.82 Å². The first-order chi connectivity index (χ1) is 11.9. The van der Waals surface area contributed by atoms with Crippen LogP contribution in [0.25, 0.3) is 0 Å². The van der Waals surface area contributed by atoms with Crippen LogP contribution in [-0.2, 0) is 10.0 Å². The van der Waals surface area contributed by atoms with Crippen LogP contribution in [-0.4, -0.2) is 8.42 Å². The van der Waals surface area contributed by atoms with Crippen molar-refractivity contribution in [2.24, 2.45) is 0 Å². The molecule has 3 aromatic rings. The Bertz CT molecular complexity index is 986. The Hall–Kier alpha value is -2.86. The zero-order chi connectivity index (χ0) is 17.9. The van der Waals surface area contributed by atoms with Crippen LogP contribution in [0.3, 0.4) is 0 Å². The Labute approximate surface area is 146 Å². The van der Waals surface area contributed by atoms with E-state index >= 15 is 0 Å². The van der Waals surface area contributed by atoms with Crippen LogP contribution in [0.1, 0.15) is 5.56 Å². The average Bonchev–Trinajstić information content (AvgIpc) is 2.58. The number of hydrogen-bond donors (Lipinski definition) is 2. The lowest BCUT2D eigenvalue weighted by Gasteiger charge is -2.11. The van der Waals surface area contributed by atoms with Crippen molar-refractivity contribution in [2.75, 3.05) is 10.0 Å². The van der Waals surface area contributed by atoms with E-state index in [1.165, 1.54) is 6.07 Å². The summed E-state index contributed by atoms with van der Waals surface area (Å²) in [6, 6.07) is 19.6. The lowest BCUT2D eigenvalue weighted by molar-refractivity contribution is 0.601. The maximum atomic E-state index is 13.6. The topological polar surface area (TPSA) is 58.2 Å². The van der Waals surface area contributed by atoms with Crippen LogP contribution in [0.5, 0.6) is 0 Å². The zero-order valence-electron chi connectivity index (χ0n) is 13.5. The first kappa shape index (κ1) is 17.0. The van der Waals surface area contributed by atoms with Gasteiger partial charge in [0.25, 0.3) is 10.0 Å². The fourth-order valence-corrected chi connectivity index (χ4v) is 3.50. The first-order valence-corrected chi connectivity index (χ1v) is 9.13. The van der Waals surface area contributed by atoms with E-state index in [2.05, 4.69) is 10.0 Å². The Morgan fingerprint density at radius 1 is 0.840 bits per heavy atom. The molecule has 128 valence electrons. The third-order valence-electron chi connectivity index (χ3n) is 3.59. The van der Waals surface area contributed by atoms with Crippen LogP contribution in [0, 0.1) is 12.7 Å². The van der Waals surface area contributed by atoms with Crippen LogP contribution >= 0.6 is 0 Å². The monoisotopic (exact) mass is 356 g/mol. The smallest absolute Gasteiger partial charge is 0.261 e. The molecule has 6 heteroatoms. The predicted octanol–water partition coefficient (Wildman–Crippen LogP) is 4.68. The van der Waals surface area contributed by atoms with Crippen molar-refractivity contribution in [3.63, 3.8) is 0 Å². The highest BCUT2D eigenvalue weighted by Gasteiger charge is 2.14. The number of rotatable bonds is 5. The minimum absolute atomic E-state index is 0.209. The van der Waals surface area contributed by atoms with Crippen molar-refractivity contribution in [1.82, 2.24) is 0 Å². The van der Waals surface area contributed by atoms with Crippen molar-refractivity contribution in [3.8, 4) is 0 Å². The lowest BCUT2D eigenvalue weighted by atomic mass is 10.2. The van der Waals surface area contributed by atoms with Crippen LogP contribution < -0.4 is 10.0 Å². The number of benzene rings is 3. The van der Waals surface area contributed by atoms with Gasteiger partial charge in [0.15, 0.2) is 0 Å². The molecule has 0 unspecified atom stereocenters. The zero-order valence-corrected chi connectivity index (χ0v) is 14.3. The average molecular weight is 356 g/mol. The van der Waals surface area contributed by atoms with Crippen molar-refractivity contribution in [1.29, 1.82) is 0 Å². The Morgan fingerprint density at radius 2 is 1.52 bits per heavy atom. The second kappa shape index (κ2) is 6.94. The first-order valence-electron chi connectivity index (χ1n) is 7.65. The Balaban J connectivity index is 1.75. The van der Waals surface area contributed by atoms with Gasteiger partial charge in [0.2, 0.25) is 0 Å². The number of sulfonamides is 1. The molecule has 4 nitrogen and oxygen atoms in total. The van der Waals surface area contributed by atoms with E-state index in [9.17, 15) is 12.8 Å². The molecule has 0 bridgehead atoms. The molecule has 0 aromatic heterocycles. The van der Waals surface area contributed by atoms with Crippen LogP contribution in [0.15, 0.2) is 77.7 Å². The molecule has 25 heavy (non-hydrogen) atoms. The summed E-state index contributed by atoms with van der Waals surface area (Å²) in [6.45, 7) is 1.84. The summed E-state index contributed by atoms with van der Waals surface area (Å²) in [5.74, 6) is -0.355. The minimum Gasteiger partial charge on any atom is -0.353 e. The molecule has 0 atom stereocenters. The van der Waals surface area contributed by atoms with Gasteiger partial charge < -0.3 is 5.32 Å². The SMILES string of the molecule is Cc1cccc(S(=O)(=O)Nc2ccc(Nc3ccccc3F)cc2)c1. The standard InChI is InChI=1S/C19H17FN2O2S/c1-14-5-4-6-17(13-14)25(23,24)22-16-11-9-15(10-12-16)21-19-8-3-2-7-18(19)20/h2-13,21-22H,1H3. The number of para-hydroxylation sites is 1. The van der Waals surface area contributed by atoms with E-state index in [1.807, 2.05) is 13.0 Å². The van der Waals surface area contributed by atoms with E-state index in [0.717, 1.165) is 5.56 Å². The van der Waals surface area contributed by atoms with E-state index in [1.54, 1.807) is 60.7 Å². The van der Waals surface area contributed by atoms with E-state index in [-0.39, 0.29) is 10.7 Å². The van der Waals surface area contributed by atoms with Crippen molar-refractivity contribution in [3.05, 3.63) is 84.2 Å². The van der Waals surface area contributed by atoms with Crippen LogP contribution in [0.4, 0.5) is 21.5 Å². The van der Waals surface area contributed by atoms with Gasteiger partial charge in [-0.05, 0) is 61.0 Å². The van der Waals surface area contributed by atoms with E-state index in [4.69, 9.17) is 0 Å². The van der Waals surface area contributed by atoms with Crippen LogP contribution in [0.2, 0.25) is 0 Å². The number of anilines is 3. The molecule has 0 aliphatic rings. The minimum atomic E-state index is -3.64. The van der Waals surface area contributed by atoms with Gasteiger partial charge in [-0.15, -0.1) is 0 Å². The van der Waals surface area contributed by atoms with Gasteiger partial charge in [-0.25, -0.2) is 12.8 Å². The summed E-state index contributed by atoms with van der Waals surface area (Å²) in [7, 11) is -3.64. The molecule has 0 fully saturated rings. The summed E-state index contributed by atoms with van der Waals surface area (Å²) in [4.78, 5) is 0.209. The molecular weight excluding hydrogens is 339 g/mol. The summed E-state index contributed by atoms with van der Waals surface area (Å²) in [6.07, 6.45) is 0. The predicted molar refractivity (Wildman–Crippen MR) is 98.1 cm³/mol. The molecule has 0 heterocycles. The normalized spacial score (nSPS) is 11.1. The molecule has 0 saturated heterocycles. The maximum Gasteiger partial charge on any atom is 0.261 e. The third kappa shape index (κ3) is 4.16. The summed E-state index contributed by atoms with van der Waals surface area (Å²) < 4.78 is 41.0. The molecule has 0 spiro atoms. The van der Waals surface area contributed by atoms with E-state index in [0.29, 0.717) is 17.1 Å². The van der Waals surface area contributed by atoms with Crippen molar-refractivity contribution in [2.45, 2.75) is 11.8 Å². The fraction of sp³-hybridized carbons (Fsp3) is 0.0526. The van der Waals surface area contributed by atoms with Gasteiger partial charge >= 0.3 is 0 Å². The summed E-state index contributed by atoms with van der Waals surface area (Å²) in [5.41, 5.74) is 2.31. The fourth-order valence-electron chi connectivity index (χ4n) is 2.34. The van der Waals surface area contributed by atoms with Gasteiger partial charge in [-0.1, -0.05) is 24.3 Å². The quantitative estimate of drug-likeness (QED) is 0.698. The number of nitrogens with one attached hydrogen (secondary N) is 2. The molecule has 0 saturated carbocycles. The van der Waals surface area contributed by atoms with E-state index < -0.39 is 10.0 Å².